The first-order valence-electron chi connectivity index (χ1n) is 6.30. The van der Waals surface area contributed by atoms with E-state index < -0.39 is 11.6 Å². The third-order valence-electron chi connectivity index (χ3n) is 2.95. The zero-order chi connectivity index (χ0) is 16.1. The zero-order valence-electron chi connectivity index (χ0n) is 11.6. The molecule has 22 heavy (non-hydrogen) atoms. The maximum absolute atomic E-state index is 13.7. The normalized spacial score (nSPS) is 10.9. The van der Waals surface area contributed by atoms with Crippen LogP contribution in [0.25, 0.3) is 6.08 Å². The molecule has 0 saturated carbocycles. The van der Waals surface area contributed by atoms with E-state index in [1.165, 1.54) is 31.4 Å². The fraction of sp³-hybridized carbons (Fsp3) is 0.0588. The highest BCUT2D eigenvalue weighted by atomic mass is 79.9. The van der Waals surface area contributed by atoms with E-state index in [1.54, 1.807) is 24.3 Å². The molecule has 2 rings (SSSR count). The maximum Gasteiger partial charge on any atom is 0.203 e. The van der Waals surface area contributed by atoms with Crippen molar-refractivity contribution in [3.8, 4) is 11.8 Å². The molecule has 5 heteroatoms. The summed E-state index contributed by atoms with van der Waals surface area (Å²) < 4.78 is 19.5. The number of hydrogen-bond acceptors (Lipinski definition) is 3. The Kier molecular flexibility index (Phi) is 5.08. The van der Waals surface area contributed by atoms with Crippen LogP contribution in [0.3, 0.4) is 0 Å². The summed E-state index contributed by atoms with van der Waals surface area (Å²) in [7, 11) is 1.49. The molecule has 0 N–H and O–H groups in total. The number of nitriles is 1. The van der Waals surface area contributed by atoms with Crippen molar-refractivity contribution >= 4 is 27.8 Å². The number of carbonyl (C=O) groups is 1. The van der Waals surface area contributed by atoms with Gasteiger partial charge in [0.25, 0.3) is 0 Å². The van der Waals surface area contributed by atoms with Gasteiger partial charge in [0, 0.05) is 15.6 Å². The molecule has 0 amide bonds. The number of rotatable bonds is 4. The van der Waals surface area contributed by atoms with E-state index in [2.05, 4.69) is 15.9 Å². The molecule has 0 atom stereocenters. The van der Waals surface area contributed by atoms with Crippen molar-refractivity contribution in [1.29, 1.82) is 5.26 Å². The average molecular weight is 360 g/mol. The SMILES string of the molecule is COc1cccc(C(=O)/C(C#N)=C/c2cc(Br)ccc2F)c1. The first kappa shape index (κ1) is 15.9. The molecule has 0 aliphatic heterocycles. The summed E-state index contributed by atoms with van der Waals surface area (Å²) >= 11 is 3.23. The van der Waals surface area contributed by atoms with Gasteiger partial charge in [0.1, 0.15) is 23.2 Å². The number of ketones is 1. The van der Waals surface area contributed by atoms with Crippen LogP contribution in [0.2, 0.25) is 0 Å². The van der Waals surface area contributed by atoms with Gasteiger partial charge in [-0.1, -0.05) is 28.1 Å². The topological polar surface area (TPSA) is 50.1 Å². The van der Waals surface area contributed by atoms with E-state index in [-0.39, 0.29) is 11.1 Å². The molecule has 0 unspecified atom stereocenters. The summed E-state index contributed by atoms with van der Waals surface area (Å²) in [6, 6.07) is 12.6. The molecule has 110 valence electrons. The molecule has 3 nitrogen and oxygen atoms in total. The highest BCUT2D eigenvalue weighted by molar-refractivity contribution is 9.10. The molecule has 0 aliphatic carbocycles. The predicted molar refractivity (Wildman–Crippen MR) is 85.0 cm³/mol. The van der Waals surface area contributed by atoms with E-state index in [0.29, 0.717) is 15.8 Å². The Hall–Kier alpha value is -2.45. The lowest BCUT2D eigenvalue weighted by atomic mass is 10.0. The molecule has 0 heterocycles. The van der Waals surface area contributed by atoms with Crippen LogP contribution >= 0.6 is 15.9 Å². The smallest absolute Gasteiger partial charge is 0.203 e. The minimum Gasteiger partial charge on any atom is -0.497 e. The number of methoxy groups -OCH3 is 1. The Morgan fingerprint density at radius 2 is 2.09 bits per heavy atom. The van der Waals surface area contributed by atoms with Crippen LogP contribution in [0.5, 0.6) is 5.75 Å². The Morgan fingerprint density at radius 3 is 2.77 bits per heavy atom. The summed E-state index contributed by atoms with van der Waals surface area (Å²) in [5, 5.41) is 9.20. The third-order valence-corrected chi connectivity index (χ3v) is 3.45. The van der Waals surface area contributed by atoms with Crippen LogP contribution in [0.15, 0.2) is 52.5 Å². The van der Waals surface area contributed by atoms with Crippen LogP contribution in [-0.2, 0) is 0 Å². The first-order valence-corrected chi connectivity index (χ1v) is 7.10. The van der Waals surface area contributed by atoms with Crippen molar-refractivity contribution in [3.05, 3.63) is 69.5 Å². The highest BCUT2D eigenvalue weighted by Gasteiger charge is 2.14. The third kappa shape index (κ3) is 3.60. The fourth-order valence-corrected chi connectivity index (χ4v) is 2.23. The van der Waals surface area contributed by atoms with E-state index in [9.17, 15) is 14.4 Å². The summed E-state index contributed by atoms with van der Waals surface area (Å²) in [5.41, 5.74) is 0.329. The number of ether oxygens (including phenoxy) is 1. The van der Waals surface area contributed by atoms with Gasteiger partial charge < -0.3 is 4.74 Å². The van der Waals surface area contributed by atoms with Gasteiger partial charge in [-0.3, -0.25) is 4.79 Å². The van der Waals surface area contributed by atoms with Crippen LogP contribution in [-0.4, -0.2) is 12.9 Å². The van der Waals surface area contributed by atoms with Crippen LogP contribution in [0, 0.1) is 17.1 Å². The molecule has 0 saturated heterocycles. The Bertz CT molecular complexity index is 793. The lowest BCUT2D eigenvalue weighted by Gasteiger charge is -2.04. The second-order valence-electron chi connectivity index (χ2n) is 4.40. The van der Waals surface area contributed by atoms with E-state index >= 15 is 0 Å². The number of allylic oxidation sites excluding steroid dienone is 1. The van der Waals surface area contributed by atoms with Crippen molar-refractivity contribution in [1.82, 2.24) is 0 Å². The average Bonchev–Trinajstić information content (AvgIpc) is 2.55. The predicted octanol–water partition coefficient (Wildman–Crippen LogP) is 4.39. The number of Topliss-reactive ketones (excluding diaryl/α,β-unsaturated/α-hetero) is 1. The van der Waals surface area contributed by atoms with Crippen molar-refractivity contribution in [2.24, 2.45) is 0 Å². The standard InChI is InChI=1S/C17H11BrFNO2/c1-22-15-4-2-3-11(9-15)17(21)13(10-20)7-12-8-14(18)5-6-16(12)19/h2-9H,1H3/b13-7+. The van der Waals surface area contributed by atoms with Crippen LogP contribution in [0.1, 0.15) is 15.9 Å². The second kappa shape index (κ2) is 7.01. The van der Waals surface area contributed by atoms with E-state index in [4.69, 9.17) is 4.74 Å². The van der Waals surface area contributed by atoms with Crippen molar-refractivity contribution in [3.63, 3.8) is 0 Å². The molecule has 2 aromatic carbocycles. The quantitative estimate of drug-likeness (QED) is 0.462. The van der Waals surface area contributed by atoms with Gasteiger partial charge in [-0.25, -0.2) is 4.39 Å². The molecular formula is C17H11BrFNO2. The summed E-state index contributed by atoms with van der Waals surface area (Å²) in [4.78, 5) is 12.4. The van der Waals surface area contributed by atoms with Gasteiger partial charge in [0.2, 0.25) is 5.78 Å². The Balaban J connectivity index is 2.43. The van der Waals surface area contributed by atoms with Gasteiger partial charge >= 0.3 is 0 Å². The molecule has 0 fully saturated rings. The van der Waals surface area contributed by atoms with Crippen molar-refractivity contribution in [2.75, 3.05) is 7.11 Å². The second-order valence-corrected chi connectivity index (χ2v) is 5.31. The monoisotopic (exact) mass is 359 g/mol. The first-order chi connectivity index (χ1) is 10.5. The van der Waals surface area contributed by atoms with Gasteiger partial charge in [-0.05, 0) is 36.4 Å². The van der Waals surface area contributed by atoms with Gasteiger partial charge in [-0.2, -0.15) is 5.26 Å². The number of nitrogens with zero attached hydrogens (tertiary/aromatic N) is 1. The van der Waals surface area contributed by atoms with Crippen LogP contribution < -0.4 is 4.74 Å². The zero-order valence-corrected chi connectivity index (χ0v) is 13.2. The molecule has 0 aliphatic rings. The van der Waals surface area contributed by atoms with Gasteiger partial charge in [0.05, 0.1) is 7.11 Å². The van der Waals surface area contributed by atoms with Crippen molar-refractivity contribution in [2.45, 2.75) is 0 Å². The lowest BCUT2D eigenvalue weighted by molar-refractivity contribution is 0.103. The lowest BCUT2D eigenvalue weighted by Crippen LogP contribution is -2.02. The van der Waals surface area contributed by atoms with E-state index in [1.807, 2.05) is 6.07 Å². The number of benzene rings is 2. The van der Waals surface area contributed by atoms with Gasteiger partial charge in [-0.15, -0.1) is 0 Å². The largest absolute Gasteiger partial charge is 0.497 e. The molecular weight excluding hydrogens is 349 g/mol. The summed E-state index contributed by atoms with van der Waals surface area (Å²) in [6.07, 6.45) is 1.24. The van der Waals surface area contributed by atoms with Gasteiger partial charge in [0.15, 0.2) is 0 Å². The Morgan fingerprint density at radius 1 is 1.32 bits per heavy atom. The van der Waals surface area contributed by atoms with E-state index in [0.717, 1.165) is 0 Å². The fourth-order valence-electron chi connectivity index (χ4n) is 1.85. The summed E-state index contributed by atoms with van der Waals surface area (Å²) in [5.74, 6) is -0.480. The number of carbonyl (C=O) groups excluding carboxylic acids is 1. The molecule has 0 aromatic heterocycles. The number of hydrogen-bond donors (Lipinski definition) is 0. The minimum absolute atomic E-state index is 0.148. The van der Waals surface area contributed by atoms with Crippen LogP contribution in [0.4, 0.5) is 4.39 Å². The minimum atomic E-state index is -0.505. The Labute approximate surface area is 135 Å². The molecule has 0 radical (unpaired) electrons. The molecule has 0 spiro atoms. The molecule has 0 bridgehead atoms. The highest BCUT2D eigenvalue weighted by Crippen LogP contribution is 2.21. The molecule has 2 aromatic rings. The maximum atomic E-state index is 13.7. The number of halogens is 2. The summed E-state index contributed by atoms with van der Waals surface area (Å²) in [6.45, 7) is 0. The van der Waals surface area contributed by atoms with Crippen molar-refractivity contribution < 1.29 is 13.9 Å².